The van der Waals surface area contributed by atoms with Gasteiger partial charge in [-0.1, -0.05) is 42.0 Å². The van der Waals surface area contributed by atoms with Gasteiger partial charge in [0.05, 0.1) is 10.6 Å². The highest BCUT2D eigenvalue weighted by molar-refractivity contribution is 7.92. The van der Waals surface area contributed by atoms with Crippen molar-refractivity contribution in [2.75, 3.05) is 4.72 Å². The fourth-order valence-electron chi connectivity index (χ4n) is 3.57. The quantitative estimate of drug-likeness (QED) is 0.432. The Hall–Kier alpha value is -4.04. The molecule has 158 valence electrons. The van der Waals surface area contributed by atoms with E-state index in [0.717, 1.165) is 28.1 Å². The van der Waals surface area contributed by atoms with E-state index in [9.17, 15) is 8.42 Å². The normalized spacial score (nSPS) is 11.5. The van der Waals surface area contributed by atoms with Crippen molar-refractivity contribution in [2.24, 2.45) is 0 Å². The summed E-state index contributed by atoms with van der Waals surface area (Å²) in [6.45, 7) is 2.03. The van der Waals surface area contributed by atoms with E-state index in [1.165, 1.54) is 12.1 Å². The van der Waals surface area contributed by atoms with Gasteiger partial charge in [-0.05, 0) is 49.4 Å². The molecule has 0 atom stereocenters. The Balaban J connectivity index is 1.63. The van der Waals surface area contributed by atoms with Gasteiger partial charge in [-0.15, -0.1) is 0 Å². The van der Waals surface area contributed by atoms with Crippen molar-refractivity contribution in [1.82, 2.24) is 19.6 Å². The van der Waals surface area contributed by atoms with Gasteiger partial charge in [-0.25, -0.2) is 22.9 Å². The summed E-state index contributed by atoms with van der Waals surface area (Å²) in [7, 11) is -3.76. The molecule has 0 fully saturated rings. The fraction of sp³-hybridized carbons (Fsp3) is 0.0417. The summed E-state index contributed by atoms with van der Waals surface area (Å²) in [5.41, 5.74) is 5.03. The van der Waals surface area contributed by atoms with Crippen molar-refractivity contribution in [2.45, 2.75) is 11.8 Å². The van der Waals surface area contributed by atoms with Crippen molar-refractivity contribution in [3.8, 4) is 22.5 Å². The van der Waals surface area contributed by atoms with Crippen molar-refractivity contribution in [3.63, 3.8) is 0 Å². The molecule has 0 radical (unpaired) electrons. The zero-order valence-corrected chi connectivity index (χ0v) is 18.0. The molecule has 3 aromatic heterocycles. The van der Waals surface area contributed by atoms with Gasteiger partial charge >= 0.3 is 0 Å². The first-order chi connectivity index (χ1) is 15.5. The molecule has 1 N–H and O–H groups in total. The second kappa shape index (κ2) is 7.90. The first-order valence-corrected chi connectivity index (χ1v) is 11.4. The third-order valence-corrected chi connectivity index (χ3v) is 6.38. The Morgan fingerprint density at radius 1 is 0.844 bits per heavy atom. The number of hydrogen-bond donors (Lipinski definition) is 1. The number of aryl methyl sites for hydroxylation is 1. The van der Waals surface area contributed by atoms with Crippen LogP contribution in [0.25, 0.3) is 28.2 Å². The van der Waals surface area contributed by atoms with Crippen LogP contribution < -0.4 is 4.72 Å². The third-order valence-electron chi connectivity index (χ3n) is 5.01. The van der Waals surface area contributed by atoms with Gasteiger partial charge in [0, 0.05) is 23.5 Å². The average molecular weight is 442 g/mol. The van der Waals surface area contributed by atoms with E-state index < -0.39 is 10.0 Å². The molecule has 0 unspecified atom stereocenters. The first-order valence-electron chi connectivity index (χ1n) is 9.96. The Labute approximate surface area is 185 Å². The van der Waals surface area contributed by atoms with Crippen LogP contribution in [0, 0.1) is 6.92 Å². The molecule has 0 spiro atoms. The molecule has 2 aromatic carbocycles. The van der Waals surface area contributed by atoms with E-state index in [2.05, 4.69) is 20.9 Å². The van der Waals surface area contributed by atoms with Gasteiger partial charge in [-0.2, -0.15) is 5.10 Å². The van der Waals surface area contributed by atoms with Crippen LogP contribution in [-0.4, -0.2) is 28.0 Å². The van der Waals surface area contributed by atoms with E-state index in [1.807, 2.05) is 43.3 Å². The van der Waals surface area contributed by atoms with Gasteiger partial charge in [0.25, 0.3) is 10.0 Å². The van der Waals surface area contributed by atoms with E-state index in [1.54, 1.807) is 41.2 Å². The molecule has 5 aromatic rings. The molecule has 8 heteroatoms. The number of rotatable bonds is 5. The maximum atomic E-state index is 12.8. The maximum Gasteiger partial charge on any atom is 0.263 e. The molecule has 0 saturated heterocycles. The SMILES string of the molecule is Cc1cccc(-c2nc3cccnn3c2-c2ccnc(NS(=O)(=O)c3ccccc3)c2)c1. The number of nitrogens with one attached hydrogen (secondary N) is 1. The Morgan fingerprint density at radius 2 is 1.69 bits per heavy atom. The summed E-state index contributed by atoms with van der Waals surface area (Å²) in [6, 6.07) is 23.5. The minimum absolute atomic E-state index is 0.170. The smallest absolute Gasteiger partial charge is 0.263 e. The van der Waals surface area contributed by atoms with Crippen molar-refractivity contribution >= 4 is 21.5 Å². The summed E-state index contributed by atoms with van der Waals surface area (Å²) < 4.78 is 29.8. The molecule has 0 aliphatic carbocycles. The van der Waals surface area contributed by atoms with Crippen LogP contribution in [0.3, 0.4) is 0 Å². The molecule has 0 aliphatic heterocycles. The van der Waals surface area contributed by atoms with Crippen LogP contribution in [0.2, 0.25) is 0 Å². The average Bonchev–Trinajstić information content (AvgIpc) is 3.19. The topological polar surface area (TPSA) is 89.2 Å². The van der Waals surface area contributed by atoms with Crippen LogP contribution in [0.1, 0.15) is 5.56 Å². The molecule has 5 rings (SSSR count). The lowest BCUT2D eigenvalue weighted by atomic mass is 10.0. The van der Waals surface area contributed by atoms with Crippen LogP contribution in [0.4, 0.5) is 5.82 Å². The van der Waals surface area contributed by atoms with Crippen molar-refractivity contribution in [1.29, 1.82) is 0 Å². The van der Waals surface area contributed by atoms with Gasteiger partial charge in [0.1, 0.15) is 11.5 Å². The zero-order chi connectivity index (χ0) is 22.1. The van der Waals surface area contributed by atoms with Crippen molar-refractivity contribution in [3.05, 3.63) is 96.8 Å². The molecule has 0 aliphatic rings. The minimum atomic E-state index is -3.76. The lowest BCUT2D eigenvalue weighted by Crippen LogP contribution is -2.13. The van der Waals surface area contributed by atoms with E-state index in [-0.39, 0.29) is 10.7 Å². The van der Waals surface area contributed by atoms with E-state index in [0.29, 0.717) is 5.65 Å². The number of pyridine rings is 1. The largest absolute Gasteiger partial charge is 0.263 e. The Kier molecular flexibility index (Phi) is 4.91. The van der Waals surface area contributed by atoms with E-state index >= 15 is 0 Å². The van der Waals surface area contributed by atoms with E-state index in [4.69, 9.17) is 4.98 Å². The van der Waals surface area contributed by atoms with Gasteiger partial charge in [0.15, 0.2) is 5.65 Å². The lowest BCUT2D eigenvalue weighted by Gasteiger charge is -2.10. The number of fused-ring (bicyclic) bond motifs is 1. The number of sulfonamides is 1. The highest BCUT2D eigenvalue weighted by Crippen LogP contribution is 2.33. The summed E-state index contributed by atoms with van der Waals surface area (Å²) in [6.07, 6.45) is 3.26. The Bertz CT molecular complexity index is 1530. The summed E-state index contributed by atoms with van der Waals surface area (Å²) in [4.78, 5) is 9.18. The fourth-order valence-corrected chi connectivity index (χ4v) is 4.59. The Morgan fingerprint density at radius 3 is 2.50 bits per heavy atom. The second-order valence-corrected chi connectivity index (χ2v) is 9.00. The molecule has 0 saturated carbocycles. The highest BCUT2D eigenvalue weighted by Gasteiger charge is 2.19. The number of anilines is 1. The summed E-state index contributed by atoms with van der Waals surface area (Å²) >= 11 is 0. The second-order valence-electron chi connectivity index (χ2n) is 7.32. The number of benzene rings is 2. The maximum absolute atomic E-state index is 12.8. The molecular formula is C24H19N5O2S. The zero-order valence-electron chi connectivity index (χ0n) is 17.2. The minimum Gasteiger partial charge on any atom is -0.263 e. The molecular weight excluding hydrogens is 422 g/mol. The molecule has 32 heavy (non-hydrogen) atoms. The van der Waals surface area contributed by atoms with Gasteiger partial charge in [0.2, 0.25) is 0 Å². The molecule has 3 heterocycles. The monoisotopic (exact) mass is 441 g/mol. The predicted octanol–water partition coefficient (Wildman–Crippen LogP) is 4.57. The van der Waals surface area contributed by atoms with Crippen molar-refractivity contribution < 1.29 is 8.42 Å². The molecule has 7 nitrogen and oxygen atoms in total. The van der Waals surface area contributed by atoms with Gasteiger partial charge in [-0.3, -0.25) is 4.72 Å². The number of aromatic nitrogens is 4. The highest BCUT2D eigenvalue weighted by atomic mass is 32.2. The summed E-state index contributed by atoms with van der Waals surface area (Å²) in [5, 5.41) is 4.47. The predicted molar refractivity (Wildman–Crippen MR) is 124 cm³/mol. The first kappa shape index (κ1) is 19.9. The third kappa shape index (κ3) is 3.72. The molecule has 0 bridgehead atoms. The number of imidazole rings is 1. The number of hydrogen-bond acceptors (Lipinski definition) is 5. The summed E-state index contributed by atoms with van der Waals surface area (Å²) in [5.74, 6) is 0.215. The van der Waals surface area contributed by atoms with Gasteiger partial charge < -0.3 is 0 Å². The van der Waals surface area contributed by atoms with Crippen LogP contribution in [0.5, 0.6) is 0 Å². The number of nitrogens with zero attached hydrogens (tertiary/aromatic N) is 4. The standard InChI is InChI=1S/C24H19N5O2S/c1-17-7-5-8-18(15-17)23-24(29-22(27-23)11-6-13-26-29)19-12-14-25-21(16-19)28-32(30,31)20-9-3-2-4-10-20/h2-16H,1H3,(H,25,28). The van der Waals surface area contributed by atoms with Crippen LogP contribution in [-0.2, 0) is 10.0 Å². The van der Waals surface area contributed by atoms with Crippen LogP contribution in [0.15, 0.2) is 96.2 Å². The van der Waals surface area contributed by atoms with Crippen LogP contribution >= 0.6 is 0 Å². The molecule has 0 amide bonds. The lowest BCUT2D eigenvalue weighted by molar-refractivity contribution is 0.601.